The van der Waals surface area contributed by atoms with Gasteiger partial charge in [0.2, 0.25) is 0 Å². The van der Waals surface area contributed by atoms with Gasteiger partial charge in [-0.05, 0) is 12.1 Å². The number of fused-ring (bicyclic) bond motifs is 1. The van der Waals surface area contributed by atoms with Gasteiger partial charge in [0.15, 0.2) is 0 Å². The van der Waals surface area contributed by atoms with Crippen LogP contribution in [-0.4, -0.2) is 36.0 Å². The Kier molecular flexibility index (Phi) is 2.71. The Morgan fingerprint density at radius 3 is 3.00 bits per heavy atom. The van der Waals surface area contributed by atoms with E-state index in [4.69, 9.17) is 5.11 Å². The van der Waals surface area contributed by atoms with Crippen LogP contribution in [0.4, 0.5) is 0 Å². The third kappa shape index (κ3) is 2.44. The van der Waals surface area contributed by atoms with E-state index in [0.717, 1.165) is 16.9 Å². The van der Waals surface area contributed by atoms with Gasteiger partial charge in [0.1, 0.15) is 12.4 Å². The number of carboxylic acid groups (broad SMARTS) is 1. The van der Waals surface area contributed by atoms with Crippen LogP contribution in [0.25, 0.3) is 11.0 Å². The zero-order chi connectivity index (χ0) is 13.2. The smallest absolute Gasteiger partial charge is 0.309 e. The van der Waals surface area contributed by atoms with Crippen molar-refractivity contribution >= 4 is 17.0 Å². The van der Waals surface area contributed by atoms with Gasteiger partial charge in [-0.1, -0.05) is 17.3 Å². The maximum Gasteiger partial charge on any atom is 0.309 e. The van der Waals surface area contributed by atoms with Gasteiger partial charge in [-0.3, -0.25) is 4.79 Å². The summed E-state index contributed by atoms with van der Waals surface area (Å²) >= 11 is 0. The van der Waals surface area contributed by atoms with Crippen molar-refractivity contribution in [3.05, 3.63) is 42.0 Å². The predicted molar refractivity (Wildman–Crippen MR) is 66.6 cm³/mol. The van der Waals surface area contributed by atoms with Crippen LogP contribution in [0.5, 0.6) is 0 Å². The molecule has 0 radical (unpaired) electrons. The van der Waals surface area contributed by atoms with Gasteiger partial charge >= 0.3 is 5.97 Å². The van der Waals surface area contributed by atoms with E-state index in [-0.39, 0.29) is 6.42 Å². The lowest BCUT2D eigenvalue weighted by Gasteiger charge is -1.94. The number of rotatable bonds is 4. The molecule has 96 valence electrons. The standard InChI is InChI=1S/C12H11N5O2/c18-12(19)5-8-6-17(16-15-8)7-11-13-9-3-1-2-4-10(9)14-11/h1-4,6H,5,7H2,(H,13,14)(H,18,19). The number of nitrogens with zero attached hydrogens (tertiary/aromatic N) is 4. The second-order valence-electron chi connectivity index (χ2n) is 4.18. The van der Waals surface area contributed by atoms with Crippen molar-refractivity contribution in [2.45, 2.75) is 13.0 Å². The van der Waals surface area contributed by atoms with Gasteiger partial charge < -0.3 is 10.1 Å². The maximum atomic E-state index is 10.6. The van der Waals surface area contributed by atoms with Gasteiger partial charge in [-0.15, -0.1) is 5.10 Å². The van der Waals surface area contributed by atoms with Crippen molar-refractivity contribution in [1.29, 1.82) is 0 Å². The minimum absolute atomic E-state index is 0.125. The first kappa shape index (κ1) is 11.4. The van der Waals surface area contributed by atoms with Gasteiger partial charge in [-0.25, -0.2) is 9.67 Å². The van der Waals surface area contributed by atoms with Crippen molar-refractivity contribution < 1.29 is 9.90 Å². The zero-order valence-corrected chi connectivity index (χ0v) is 9.95. The molecule has 0 amide bonds. The quantitative estimate of drug-likeness (QED) is 0.721. The van der Waals surface area contributed by atoms with E-state index in [1.54, 1.807) is 10.9 Å². The first-order valence-electron chi connectivity index (χ1n) is 5.75. The van der Waals surface area contributed by atoms with E-state index in [1.165, 1.54) is 0 Å². The van der Waals surface area contributed by atoms with Crippen LogP contribution in [0, 0.1) is 0 Å². The minimum atomic E-state index is -0.921. The first-order valence-corrected chi connectivity index (χ1v) is 5.75. The van der Waals surface area contributed by atoms with E-state index < -0.39 is 5.97 Å². The number of H-pyrrole nitrogens is 1. The molecular weight excluding hydrogens is 246 g/mol. The first-order chi connectivity index (χ1) is 9.20. The molecule has 0 bridgehead atoms. The van der Waals surface area contributed by atoms with Crippen LogP contribution in [0.1, 0.15) is 11.5 Å². The summed E-state index contributed by atoms with van der Waals surface area (Å²) in [6.07, 6.45) is 1.49. The number of hydrogen-bond acceptors (Lipinski definition) is 4. The van der Waals surface area contributed by atoms with Crippen molar-refractivity contribution in [3.63, 3.8) is 0 Å². The van der Waals surface area contributed by atoms with Crippen LogP contribution < -0.4 is 0 Å². The molecule has 0 aliphatic carbocycles. The highest BCUT2D eigenvalue weighted by Crippen LogP contribution is 2.10. The van der Waals surface area contributed by atoms with Gasteiger partial charge in [0, 0.05) is 6.20 Å². The molecular formula is C12H11N5O2. The van der Waals surface area contributed by atoms with Crippen molar-refractivity contribution in [3.8, 4) is 0 Å². The van der Waals surface area contributed by atoms with Crippen molar-refractivity contribution in [2.24, 2.45) is 0 Å². The lowest BCUT2D eigenvalue weighted by Crippen LogP contribution is -2.02. The molecule has 0 saturated heterocycles. The fraction of sp³-hybridized carbons (Fsp3) is 0.167. The molecule has 7 nitrogen and oxygen atoms in total. The third-order valence-electron chi connectivity index (χ3n) is 2.67. The van der Waals surface area contributed by atoms with Crippen molar-refractivity contribution in [2.75, 3.05) is 0 Å². The van der Waals surface area contributed by atoms with E-state index in [0.29, 0.717) is 12.2 Å². The Morgan fingerprint density at radius 2 is 2.21 bits per heavy atom. The molecule has 0 saturated carbocycles. The van der Waals surface area contributed by atoms with E-state index in [2.05, 4.69) is 20.3 Å². The van der Waals surface area contributed by atoms with Crippen LogP contribution in [0.15, 0.2) is 30.5 Å². The zero-order valence-electron chi connectivity index (χ0n) is 9.95. The van der Waals surface area contributed by atoms with Crippen molar-refractivity contribution in [1.82, 2.24) is 25.0 Å². The Balaban J connectivity index is 1.80. The monoisotopic (exact) mass is 257 g/mol. The number of aliphatic carboxylic acids is 1. The highest BCUT2D eigenvalue weighted by molar-refractivity contribution is 5.74. The molecule has 2 N–H and O–H groups in total. The number of aromatic nitrogens is 5. The summed E-state index contributed by atoms with van der Waals surface area (Å²) in [7, 11) is 0. The SMILES string of the molecule is O=C(O)Cc1cn(Cc2nc3ccccc3[nH]2)nn1. The second-order valence-corrected chi connectivity index (χ2v) is 4.18. The molecule has 0 spiro atoms. The highest BCUT2D eigenvalue weighted by atomic mass is 16.4. The number of nitrogens with one attached hydrogen (secondary N) is 1. The second kappa shape index (κ2) is 4.52. The largest absolute Gasteiger partial charge is 0.481 e. The Hall–Kier alpha value is -2.70. The fourth-order valence-corrected chi connectivity index (χ4v) is 1.89. The van der Waals surface area contributed by atoms with Crippen LogP contribution in [0.2, 0.25) is 0 Å². The molecule has 1 aromatic carbocycles. The molecule has 0 aliphatic heterocycles. The minimum Gasteiger partial charge on any atom is -0.481 e. The number of benzene rings is 1. The van der Waals surface area contributed by atoms with Gasteiger partial charge in [0.25, 0.3) is 0 Å². The van der Waals surface area contributed by atoms with Crippen LogP contribution in [-0.2, 0) is 17.8 Å². The fourth-order valence-electron chi connectivity index (χ4n) is 1.89. The lowest BCUT2D eigenvalue weighted by molar-refractivity contribution is -0.136. The van der Waals surface area contributed by atoms with E-state index in [1.807, 2.05) is 24.3 Å². The number of imidazole rings is 1. The molecule has 0 unspecified atom stereocenters. The number of aromatic amines is 1. The summed E-state index contributed by atoms with van der Waals surface area (Å²) in [5, 5.41) is 16.3. The molecule has 2 aromatic heterocycles. The average Bonchev–Trinajstić information content (AvgIpc) is 2.94. The molecule has 19 heavy (non-hydrogen) atoms. The van der Waals surface area contributed by atoms with Gasteiger partial charge in [0.05, 0.1) is 23.1 Å². The highest BCUT2D eigenvalue weighted by Gasteiger charge is 2.07. The molecule has 7 heteroatoms. The topological polar surface area (TPSA) is 96.7 Å². The summed E-state index contributed by atoms with van der Waals surface area (Å²) in [6, 6.07) is 7.73. The molecule has 2 heterocycles. The lowest BCUT2D eigenvalue weighted by atomic mass is 10.3. The van der Waals surface area contributed by atoms with Crippen LogP contribution >= 0.6 is 0 Å². The Labute approximate surface area is 107 Å². The molecule has 3 aromatic rings. The summed E-state index contributed by atoms with van der Waals surface area (Å²) in [5.74, 6) is -0.163. The summed E-state index contributed by atoms with van der Waals surface area (Å²) in [5.41, 5.74) is 2.29. The number of carbonyl (C=O) groups is 1. The van der Waals surface area contributed by atoms with E-state index >= 15 is 0 Å². The van der Waals surface area contributed by atoms with Gasteiger partial charge in [-0.2, -0.15) is 0 Å². The molecule has 0 aliphatic rings. The summed E-state index contributed by atoms with van der Waals surface area (Å²) in [4.78, 5) is 18.2. The van der Waals surface area contributed by atoms with Crippen LogP contribution in [0.3, 0.4) is 0 Å². The predicted octanol–water partition coefficient (Wildman–Crippen LogP) is 0.830. The number of hydrogen-bond donors (Lipinski definition) is 2. The average molecular weight is 257 g/mol. The summed E-state index contributed by atoms with van der Waals surface area (Å²) < 4.78 is 1.57. The number of carboxylic acids is 1. The number of para-hydroxylation sites is 2. The molecule has 0 fully saturated rings. The molecule has 0 atom stereocenters. The Morgan fingerprint density at radius 1 is 1.37 bits per heavy atom. The summed E-state index contributed by atoms with van der Waals surface area (Å²) in [6.45, 7) is 0.432. The normalized spacial score (nSPS) is 10.9. The van der Waals surface area contributed by atoms with E-state index in [9.17, 15) is 4.79 Å². The third-order valence-corrected chi connectivity index (χ3v) is 2.67. The molecule has 3 rings (SSSR count). The Bertz CT molecular complexity index is 697. The maximum absolute atomic E-state index is 10.6.